The van der Waals surface area contributed by atoms with Crippen molar-refractivity contribution in [3.63, 3.8) is 0 Å². The van der Waals surface area contributed by atoms with Gasteiger partial charge in [-0.25, -0.2) is 4.39 Å². The summed E-state index contributed by atoms with van der Waals surface area (Å²) >= 11 is 6.04. The number of amides is 1. The summed E-state index contributed by atoms with van der Waals surface area (Å²) in [6, 6.07) is 16.9. The van der Waals surface area contributed by atoms with Gasteiger partial charge in [0.05, 0.1) is 17.5 Å². The molecule has 3 aromatic rings. The van der Waals surface area contributed by atoms with E-state index >= 15 is 0 Å². The van der Waals surface area contributed by atoms with Crippen molar-refractivity contribution in [2.24, 2.45) is 5.92 Å². The fourth-order valence-electron chi connectivity index (χ4n) is 5.11. The van der Waals surface area contributed by atoms with Crippen LogP contribution in [0.15, 0.2) is 66.7 Å². The predicted octanol–water partition coefficient (Wildman–Crippen LogP) is 5.68. The van der Waals surface area contributed by atoms with E-state index in [1.807, 2.05) is 24.3 Å². The van der Waals surface area contributed by atoms with E-state index in [-0.39, 0.29) is 30.7 Å². The number of nitrogens with one attached hydrogen (secondary N) is 1. The van der Waals surface area contributed by atoms with Gasteiger partial charge in [0.2, 0.25) is 5.91 Å². The predicted molar refractivity (Wildman–Crippen MR) is 132 cm³/mol. The Hall–Kier alpha value is -3.26. The van der Waals surface area contributed by atoms with Gasteiger partial charge in [-0.2, -0.15) is 13.2 Å². The molecule has 5 rings (SSSR count). The first-order chi connectivity index (χ1) is 17.2. The highest BCUT2D eigenvalue weighted by molar-refractivity contribution is 6.30. The molecule has 2 aliphatic rings. The van der Waals surface area contributed by atoms with Crippen LogP contribution in [0.2, 0.25) is 5.02 Å². The first-order valence-electron chi connectivity index (χ1n) is 11.7. The van der Waals surface area contributed by atoms with Gasteiger partial charge in [-0.05, 0) is 72.1 Å². The Morgan fingerprint density at radius 2 is 1.72 bits per heavy atom. The number of carbonyl (C=O) groups excluding carboxylic acids is 1. The van der Waals surface area contributed by atoms with Gasteiger partial charge in [0.15, 0.2) is 0 Å². The van der Waals surface area contributed by atoms with Crippen LogP contribution >= 0.6 is 11.6 Å². The van der Waals surface area contributed by atoms with E-state index in [0.717, 1.165) is 29.1 Å². The number of alkyl halides is 3. The molecule has 0 saturated carbocycles. The van der Waals surface area contributed by atoms with Crippen LogP contribution < -0.4 is 15.1 Å². The van der Waals surface area contributed by atoms with Gasteiger partial charge in [-0.3, -0.25) is 4.79 Å². The average Bonchev–Trinajstić information content (AvgIpc) is 2.87. The molecule has 1 amide bonds. The van der Waals surface area contributed by atoms with Crippen LogP contribution in [0.1, 0.15) is 16.7 Å². The van der Waals surface area contributed by atoms with Crippen molar-refractivity contribution >= 4 is 28.9 Å². The number of hydrogen-bond acceptors (Lipinski definition) is 3. The van der Waals surface area contributed by atoms with Crippen molar-refractivity contribution in [3.8, 4) is 0 Å². The second-order valence-corrected chi connectivity index (χ2v) is 9.62. The van der Waals surface area contributed by atoms with Crippen LogP contribution in [0.3, 0.4) is 0 Å². The highest BCUT2D eigenvalue weighted by Gasteiger charge is 2.42. The second-order valence-electron chi connectivity index (χ2n) is 9.18. The molecular formula is C27H24ClF4N3O. The normalized spacial score (nSPS) is 19.5. The molecule has 1 fully saturated rings. The zero-order chi connectivity index (χ0) is 25.4. The Morgan fingerprint density at radius 3 is 2.42 bits per heavy atom. The van der Waals surface area contributed by atoms with E-state index in [2.05, 4.69) is 15.1 Å². The van der Waals surface area contributed by atoms with E-state index in [0.29, 0.717) is 30.2 Å². The van der Waals surface area contributed by atoms with Crippen molar-refractivity contribution in [1.82, 2.24) is 5.32 Å². The summed E-state index contributed by atoms with van der Waals surface area (Å²) in [5.41, 5.74) is 2.26. The zero-order valence-electron chi connectivity index (χ0n) is 19.2. The minimum Gasteiger partial charge on any atom is -0.368 e. The highest BCUT2D eigenvalue weighted by Crippen LogP contribution is 2.40. The Kier molecular flexibility index (Phi) is 6.55. The molecule has 2 unspecified atom stereocenters. The molecule has 36 heavy (non-hydrogen) atoms. The van der Waals surface area contributed by atoms with Crippen molar-refractivity contribution in [2.75, 3.05) is 29.4 Å². The summed E-state index contributed by atoms with van der Waals surface area (Å²) in [7, 11) is 0. The lowest BCUT2D eigenvalue weighted by Gasteiger charge is -2.49. The fourth-order valence-corrected chi connectivity index (χ4v) is 5.23. The van der Waals surface area contributed by atoms with Gasteiger partial charge < -0.3 is 15.1 Å². The Bertz CT molecular complexity index is 1250. The summed E-state index contributed by atoms with van der Waals surface area (Å²) in [6.07, 6.45) is -4.26. The van der Waals surface area contributed by atoms with Gasteiger partial charge >= 0.3 is 6.18 Å². The molecule has 2 aliphatic heterocycles. The molecule has 9 heteroatoms. The molecular weight excluding hydrogens is 494 g/mol. The van der Waals surface area contributed by atoms with Gasteiger partial charge in [-0.15, -0.1) is 0 Å². The van der Waals surface area contributed by atoms with Crippen molar-refractivity contribution in [2.45, 2.75) is 25.2 Å². The number of piperazine rings is 1. The van der Waals surface area contributed by atoms with Crippen LogP contribution in [0.25, 0.3) is 0 Å². The number of nitrogens with zero attached hydrogens (tertiary/aromatic N) is 2. The largest absolute Gasteiger partial charge is 0.416 e. The number of anilines is 2. The zero-order valence-corrected chi connectivity index (χ0v) is 20.0. The SMILES string of the molecule is O=C(NCc1ccc(F)cc1)C1Cc2cc(C(F)(F)F)ccc2N2CCN(c3ccc(Cl)cc3)CC12. The van der Waals surface area contributed by atoms with Gasteiger partial charge in [0.1, 0.15) is 5.82 Å². The Labute approximate surface area is 211 Å². The van der Waals surface area contributed by atoms with Gasteiger partial charge in [0, 0.05) is 42.6 Å². The summed E-state index contributed by atoms with van der Waals surface area (Å²) < 4.78 is 53.5. The van der Waals surface area contributed by atoms with Crippen LogP contribution in [0, 0.1) is 11.7 Å². The quantitative estimate of drug-likeness (QED) is 0.452. The highest BCUT2D eigenvalue weighted by atomic mass is 35.5. The van der Waals surface area contributed by atoms with Gasteiger partial charge in [-0.1, -0.05) is 23.7 Å². The topological polar surface area (TPSA) is 35.6 Å². The number of carbonyl (C=O) groups is 1. The number of fused-ring (bicyclic) bond motifs is 3. The van der Waals surface area contributed by atoms with E-state index in [4.69, 9.17) is 11.6 Å². The Balaban J connectivity index is 1.43. The molecule has 0 aromatic heterocycles. The third kappa shape index (κ3) is 5.00. The van der Waals surface area contributed by atoms with Crippen molar-refractivity contribution in [3.05, 3.63) is 94.3 Å². The molecule has 1 N–H and O–H groups in total. The molecule has 0 aliphatic carbocycles. The standard InChI is InChI=1S/C27H24ClF4N3O/c28-20-4-8-22(9-5-20)34-11-12-35-24-10-3-19(27(30,31)32)13-18(24)14-23(25(35)16-34)26(36)33-15-17-1-6-21(29)7-2-17/h1-10,13,23,25H,11-12,14-16H2,(H,33,36). The molecule has 0 spiro atoms. The van der Waals surface area contributed by atoms with Crippen molar-refractivity contribution < 1.29 is 22.4 Å². The maximum atomic E-state index is 13.4. The maximum absolute atomic E-state index is 13.4. The second kappa shape index (κ2) is 9.65. The third-order valence-corrected chi connectivity index (χ3v) is 7.20. The molecule has 4 nitrogen and oxygen atoms in total. The molecule has 3 aromatic carbocycles. The molecule has 188 valence electrons. The number of benzene rings is 3. The molecule has 2 atom stereocenters. The van der Waals surface area contributed by atoms with Crippen LogP contribution in [-0.4, -0.2) is 31.6 Å². The molecule has 0 bridgehead atoms. The van der Waals surface area contributed by atoms with E-state index in [1.54, 1.807) is 12.1 Å². The fraction of sp³-hybridized carbons (Fsp3) is 0.296. The van der Waals surface area contributed by atoms with E-state index in [9.17, 15) is 22.4 Å². The summed E-state index contributed by atoms with van der Waals surface area (Å²) in [4.78, 5) is 17.6. The number of halogens is 5. The smallest absolute Gasteiger partial charge is 0.368 e. The van der Waals surface area contributed by atoms with E-state index < -0.39 is 17.7 Å². The lowest BCUT2D eigenvalue weighted by Crippen LogP contribution is -2.61. The lowest BCUT2D eigenvalue weighted by atomic mass is 9.82. The monoisotopic (exact) mass is 517 g/mol. The summed E-state index contributed by atoms with van der Waals surface area (Å²) in [5.74, 6) is -1.17. The minimum atomic E-state index is -4.46. The molecule has 2 heterocycles. The molecule has 1 saturated heterocycles. The Morgan fingerprint density at radius 1 is 1.00 bits per heavy atom. The maximum Gasteiger partial charge on any atom is 0.416 e. The average molecular weight is 518 g/mol. The first-order valence-corrected chi connectivity index (χ1v) is 12.1. The van der Waals surface area contributed by atoms with Gasteiger partial charge in [0.25, 0.3) is 0 Å². The van der Waals surface area contributed by atoms with Crippen molar-refractivity contribution in [1.29, 1.82) is 0 Å². The minimum absolute atomic E-state index is 0.199. The van der Waals surface area contributed by atoms with Crippen LogP contribution in [0.5, 0.6) is 0 Å². The summed E-state index contributed by atoms with van der Waals surface area (Å²) in [5, 5.41) is 3.54. The number of hydrogen-bond donors (Lipinski definition) is 1. The first kappa shape index (κ1) is 24.4. The third-order valence-electron chi connectivity index (χ3n) is 6.95. The lowest BCUT2D eigenvalue weighted by molar-refractivity contribution is -0.137. The van der Waals surface area contributed by atoms with Crippen LogP contribution in [0.4, 0.5) is 28.9 Å². The van der Waals surface area contributed by atoms with Crippen LogP contribution in [-0.2, 0) is 23.9 Å². The molecule has 0 radical (unpaired) electrons. The number of rotatable bonds is 4. The van der Waals surface area contributed by atoms with E-state index in [1.165, 1.54) is 18.2 Å². The summed E-state index contributed by atoms with van der Waals surface area (Å²) in [6.45, 7) is 1.96.